The van der Waals surface area contributed by atoms with Crippen molar-refractivity contribution in [1.29, 1.82) is 0 Å². The summed E-state index contributed by atoms with van der Waals surface area (Å²) in [6.07, 6.45) is 0. The van der Waals surface area contributed by atoms with Gasteiger partial charge >= 0.3 is 17.6 Å². The third-order valence-corrected chi connectivity index (χ3v) is 13.7. The molecule has 5 nitrogen and oxygen atoms in total. The van der Waals surface area contributed by atoms with Crippen molar-refractivity contribution in [3.05, 3.63) is 0 Å². The van der Waals surface area contributed by atoms with E-state index in [1.807, 2.05) is 39.3 Å². The Balaban J connectivity index is 4.65. The van der Waals surface area contributed by atoms with Gasteiger partial charge in [0.25, 0.3) is 0 Å². The van der Waals surface area contributed by atoms with Crippen molar-refractivity contribution in [2.75, 3.05) is 0 Å². The van der Waals surface area contributed by atoms with Crippen molar-refractivity contribution < 1.29 is 20.6 Å². The lowest BCUT2D eigenvalue weighted by molar-refractivity contribution is 0.203. The molecule has 0 heterocycles. The fourth-order valence-corrected chi connectivity index (χ4v) is 13.1. The molecule has 0 aliphatic carbocycles. The molecular weight excluding hydrogens is 321 g/mol. The fourth-order valence-electron chi connectivity index (χ4n) is 1.20. The molecule has 0 aromatic rings. The zero-order valence-electron chi connectivity index (χ0n) is 11.0. The van der Waals surface area contributed by atoms with Crippen LogP contribution in [0.3, 0.4) is 0 Å². The summed E-state index contributed by atoms with van der Waals surface area (Å²) in [5, 5.41) is 0. The van der Waals surface area contributed by atoms with Crippen molar-refractivity contribution in [2.45, 2.75) is 39.3 Å². The molecule has 0 unspecified atom stereocenters. The standard InChI is InChI=1S/C6H18O5Si6/c1-12-7-16(5,8-13-2)11-17(6,9-14-3)10-15-4/h1-6H3. The molecule has 0 N–H and O–H groups in total. The molecule has 0 aromatic carbocycles. The second kappa shape index (κ2) is 9.08. The first kappa shape index (κ1) is 18.1. The average Bonchev–Trinajstić information content (AvgIpc) is 2.17. The van der Waals surface area contributed by atoms with Gasteiger partial charge in [0, 0.05) is 13.1 Å². The lowest BCUT2D eigenvalue weighted by Crippen LogP contribution is -2.56. The van der Waals surface area contributed by atoms with E-state index in [4.69, 9.17) is 20.6 Å². The molecule has 0 spiro atoms. The Labute approximate surface area is 116 Å². The normalized spacial score (nSPS) is 13.1. The summed E-state index contributed by atoms with van der Waals surface area (Å²) in [6.45, 7) is 11.6. The van der Waals surface area contributed by atoms with Crippen LogP contribution in [0.25, 0.3) is 0 Å². The fraction of sp³-hybridized carbons (Fsp3) is 1.00. The molecule has 11 heteroatoms. The molecule has 96 valence electrons. The summed E-state index contributed by atoms with van der Waals surface area (Å²) in [7, 11) is -3.86. The smallest absolute Gasteiger partial charge is 0.416 e. The number of rotatable bonds is 10. The molecule has 0 aromatic heterocycles. The first-order chi connectivity index (χ1) is 7.95. The van der Waals surface area contributed by atoms with Gasteiger partial charge < -0.3 is 20.6 Å². The summed E-state index contributed by atoms with van der Waals surface area (Å²) >= 11 is 0. The minimum atomic E-state index is -2.61. The van der Waals surface area contributed by atoms with Crippen LogP contribution in [-0.2, 0) is 20.6 Å². The monoisotopic (exact) mass is 338 g/mol. The zero-order valence-corrected chi connectivity index (χ0v) is 17.0. The Morgan fingerprint density at radius 2 is 0.824 bits per heavy atom. The van der Waals surface area contributed by atoms with E-state index in [0.717, 1.165) is 0 Å². The van der Waals surface area contributed by atoms with Gasteiger partial charge in [0.05, 0.1) is 0 Å². The summed E-state index contributed by atoms with van der Waals surface area (Å²) in [6, 6.07) is 0. The highest BCUT2D eigenvalue weighted by molar-refractivity contribution is 6.80. The van der Waals surface area contributed by atoms with E-state index in [0.29, 0.717) is 39.1 Å². The van der Waals surface area contributed by atoms with Crippen LogP contribution < -0.4 is 0 Å². The van der Waals surface area contributed by atoms with E-state index in [9.17, 15) is 0 Å². The van der Waals surface area contributed by atoms with Crippen LogP contribution in [0, 0.1) is 0 Å². The second-order valence-electron chi connectivity index (χ2n) is 3.05. The first-order valence-corrected chi connectivity index (χ1v) is 15.1. The topological polar surface area (TPSA) is 46.2 Å². The van der Waals surface area contributed by atoms with E-state index in [-0.39, 0.29) is 0 Å². The van der Waals surface area contributed by atoms with Crippen LogP contribution >= 0.6 is 0 Å². The van der Waals surface area contributed by atoms with Gasteiger partial charge in [-0.15, -0.1) is 0 Å². The highest BCUT2D eigenvalue weighted by atomic mass is 28.5. The molecule has 0 fully saturated rings. The van der Waals surface area contributed by atoms with Crippen LogP contribution in [0.2, 0.25) is 39.3 Å². The van der Waals surface area contributed by atoms with Crippen molar-refractivity contribution >= 4 is 56.7 Å². The van der Waals surface area contributed by atoms with Crippen LogP contribution in [0.15, 0.2) is 0 Å². The lowest BCUT2D eigenvalue weighted by atomic mass is 11.9. The molecule has 0 bridgehead atoms. The predicted molar refractivity (Wildman–Crippen MR) is 75.1 cm³/mol. The molecule has 17 heavy (non-hydrogen) atoms. The number of hydrogen-bond acceptors (Lipinski definition) is 5. The Morgan fingerprint density at radius 3 is 1.00 bits per heavy atom. The van der Waals surface area contributed by atoms with Crippen LogP contribution in [0.5, 0.6) is 0 Å². The second-order valence-corrected chi connectivity index (χ2v) is 12.2. The third kappa shape index (κ3) is 7.31. The van der Waals surface area contributed by atoms with E-state index >= 15 is 0 Å². The maximum Gasteiger partial charge on any atom is 0.469 e. The summed E-state index contributed by atoms with van der Waals surface area (Å²) in [5.74, 6) is 0. The van der Waals surface area contributed by atoms with Gasteiger partial charge in [0.2, 0.25) is 39.1 Å². The molecule has 0 atom stereocenters. The molecule has 0 saturated carbocycles. The Hall–Kier alpha value is 1.10. The van der Waals surface area contributed by atoms with Gasteiger partial charge in [-0.25, -0.2) is 0 Å². The Bertz CT molecular complexity index is 175. The van der Waals surface area contributed by atoms with Gasteiger partial charge in [-0.1, -0.05) is 0 Å². The molecule has 0 rings (SSSR count). The van der Waals surface area contributed by atoms with Crippen molar-refractivity contribution in [3.63, 3.8) is 0 Å². The van der Waals surface area contributed by atoms with Gasteiger partial charge in [0.1, 0.15) is 0 Å². The van der Waals surface area contributed by atoms with E-state index < -0.39 is 17.6 Å². The predicted octanol–water partition coefficient (Wildman–Crippen LogP) is 0.876. The molecule has 8 radical (unpaired) electrons. The van der Waals surface area contributed by atoms with Gasteiger partial charge in [-0.3, -0.25) is 0 Å². The van der Waals surface area contributed by atoms with Crippen LogP contribution in [0.1, 0.15) is 0 Å². The van der Waals surface area contributed by atoms with Crippen molar-refractivity contribution in [2.24, 2.45) is 0 Å². The lowest BCUT2D eigenvalue weighted by Gasteiger charge is -2.34. The summed E-state index contributed by atoms with van der Waals surface area (Å²) in [4.78, 5) is 0. The van der Waals surface area contributed by atoms with E-state index in [2.05, 4.69) is 0 Å². The maximum absolute atomic E-state index is 6.00. The Morgan fingerprint density at radius 1 is 0.588 bits per heavy atom. The Kier molecular flexibility index (Phi) is 9.66. The molecule has 0 aliphatic heterocycles. The summed E-state index contributed by atoms with van der Waals surface area (Å²) < 4.78 is 28.7. The minimum Gasteiger partial charge on any atom is -0.416 e. The molecule has 0 aliphatic rings. The van der Waals surface area contributed by atoms with E-state index in [1.54, 1.807) is 0 Å². The van der Waals surface area contributed by atoms with Crippen LogP contribution in [0.4, 0.5) is 0 Å². The highest BCUT2D eigenvalue weighted by Crippen LogP contribution is 2.18. The average molecular weight is 339 g/mol. The maximum atomic E-state index is 6.00. The summed E-state index contributed by atoms with van der Waals surface area (Å²) in [5.41, 5.74) is 0. The molecular formula is C6H18O5Si6. The molecule has 0 amide bonds. The number of hydrogen-bond donors (Lipinski definition) is 0. The van der Waals surface area contributed by atoms with E-state index in [1.165, 1.54) is 0 Å². The highest BCUT2D eigenvalue weighted by Gasteiger charge is 2.46. The minimum absolute atomic E-state index is 0.341. The van der Waals surface area contributed by atoms with Gasteiger partial charge in [0.15, 0.2) is 0 Å². The SMILES string of the molecule is C[Si]O[Si](C)(O[Si]C)O[Si](C)(O[Si]C)O[Si]C. The largest absolute Gasteiger partial charge is 0.469 e. The first-order valence-electron chi connectivity index (χ1n) is 5.04. The van der Waals surface area contributed by atoms with Gasteiger partial charge in [-0.2, -0.15) is 0 Å². The van der Waals surface area contributed by atoms with Crippen molar-refractivity contribution in [1.82, 2.24) is 0 Å². The third-order valence-electron chi connectivity index (χ3n) is 1.52. The zero-order chi connectivity index (χ0) is 13.4. The molecule has 0 saturated heterocycles. The van der Waals surface area contributed by atoms with Crippen LogP contribution in [-0.4, -0.2) is 56.7 Å². The van der Waals surface area contributed by atoms with Gasteiger partial charge in [-0.05, 0) is 26.2 Å². The van der Waals surface area contributed by atoms with Crippen molar-refractivity contribution in [3.8, 4) is 0 Å². The quantitative estimate of drug-likeness (QED) is 0.553.